The van der Waals surface area contributed by atoms with E-state index >= 15 is 0 Å². The van der Waals surface area contributed by atoms with Crippen molar-refractivity contribution in [3.8, 4) is 22.4 Å². The van der Waals surface area contributed by atoms with Crippen LogP contribution in [0.5, 0.6) is 0 Å². The zero-order chi connectivity index (χ0) is 19.5. The molecule has 4 rings (SSSR count). The van der Waals surface area contributed by atoms with E-state index in [1.807, 2.05) is 31.2 Å². The summed E-state index contributed by atoms with van der Waals surface area (Å²) in [5.41, 5.74) is 11.8. The number of carbonyl (C=O) groups excluding carboxylic acids is 1. The molecule has 3 heteroatoms. The number of primary amides is 1. The summed E-state index contributed by atoms with van der Waals surface area (Å²) >= 11 is 0. The van der Waals surface area contributed by atoms with Crippen LogP contribution in [0.3, 0.4) is 0 Å². The van der Waals surface area contributed by atoms with Crippen LogP contribution in [0.25, 0.3) is 22.4 Å². The highest BCUT2D eigenvalue weighted by Crippen LogP contribution is 2.40. The van der Waals surface area contributed by atoms with Gasteiger partial charge in [0.2, 0.25) is 0 Å². The van der Waals surface area contributed by atoms with E-state index in [4.69, 9.17) is 5.73 Å². The SMILES string of the molecule is Cc1c(C(N)=O)c(-c2ccccc2)c(-c2ccccc2)n1CC1CCCCC1. The summed E-state index contributed by atoms with van der Waals surface area (Å²) in [6.07, 6.45) is 6.48. The largest absolute Gasteiger partial charge is 0.366 e. The molecule has 2 aromatic carbocycles. The van der Waals surface area contributed by atoms with E-state index in [0.717, 1.165) is 34.6 Å². The van der Waals surface area contributed by atoms with Crippen molar-refractivity contribution < 1.29 is 4.79 Å². The van der Waals surface area contributed by atoms with Gasteiger partial charge >= 0.3 is 0 Å². The fraction of sp³-hybridized carbons (Fsp3) is 0.320. The summed E-state index contributed by atoms with van der Waals surface area (Å²) in [5.74, 6) is 0.308. The molecule has 1 heterocycles. The van der Waals surface area contributed by atoms with Crippen molar-refractivity contribution in [1.29, 1.82) is 0 Å². The van der Waals surface area contributed by atoms with Crippen LogP contribution in [0.2, 0.25) is 0 Å². The van der Waals surface area contributed by atoms with Gasteiger partial charge < -0.3 is 10.3 Å². The number of nitrogens with two attached hydrogens (primary N) is 1. The van der Waals surface area contributed by atoms with Gasteiger partial charge in [0.25, 0.3) is 5.91 Å². The highest BCUT2D eigenvalue weighted by atomic mass is 16.1. The van der Waals surface area contributed by atoms with Gasteiger partial charge in [-0.3, -0.25) is 4.79 Å². The van der Waals surface area contributed by atoms with E-state index in [1.54, 1.807) is 0 Å². The molecule has 144 valence electrons. The molecular weight excluding hydrogens is 344 g/mol. The number of hydrogen-bond acceptors (Lipinski definition) is 1. The molecule has 0 bridgehead atoms. The molecule has 3 nitrogen and oxygen atoms in total. The van der Waals surface area contributed by atoms with Crippen molar-refractivity contribution in [2.24, 2.45) is 11.7 Å². The molecule has 1 aliphatic carbocycles. The third-order valence-electron chi connectivity index (χ3n) is 6.05. The zero-order valence-electron chi connectivity index (χ0n) is 16.5. The molecule has 1 saturated carbocycles. The predicted molar refractivity (Wildman–Crippen MR) is 115 cm³/mol. The Labute approximate surface area is 167 Å². The molecule has 3 aromatic rings. The smallest absolute Gasteiger partial charge is 0.251 e. The lowest BCUT2D eigenvalue weighted by molar-refractivity contribution is 0.1000. The van der Waals surface area contributed by atoms with Gasteiger partial charge in [0, 0.05) is 17.8 Å². The molecule has 28 heavy (non-hydrogen) atoms. The Morgan fingerprint density at radius 1 is 0.929 bits per heavy atom. The Kier molecular flexibility index (Phi) is 5.34. The summed E-state index contributed by atoms with van der Waals surface area (Å²) in [5, 5.41) is 0. The maximum Gasteiger partial charge on any atom is 0.251 e. The molecule has 0 radical (unpaired) electrons. The molecule has 1 fully saturated rings. The molecule has 0 saturated heterocycles. The van der Waals surface area contributed by atoms with Gasteiger partial charge in [0.15, 0.2) is 0 Å². The van der Waals surface area contributed by atoms with Gasteiger partial charge in [-0.15, -0.1) is 0 Å². The fourth-order valence-corrected chi connectivity index (χ4v) is 4.68. The van der Waals surface area contributed by atoms with Crippen LogP contribution in [0.1, 0.15) is 48.2 Å². The maximum atomic E-state index is 12.5. The second-order valence-corrected chi connectivity index (χ2v) is 7.89. The lowest BCUT2D eigenvalue weighted by Gasteiger charge is -2.24. The topological polar surface area (TPSA) is 48.0 Å². The van der Waals surface area contributed by atoms with E-state index in [9.17, 15) is 4.79 Å². The molecule has 0 unspecified atom stereocenters. The van der Waals surface area contributed by atoms with Gasteiger partial charge in [-0.25, -0.2) is 0 Å². The van der Waals surface area contributed by atoms with Gasteiger partial charge in [-0.1, -0.05) is 79.9 Å². The second-order valence-electron chi connectivity index (χ2n) is 7.89. The van der Waals surface area contributed by atoms with E-state index < -0.39 is 0 Å². The summed E-state index contributed by atoms with van der Waals surface area (Å²) in [6.45, 7) is 2.99. The number of aromatic nitrogens is 1. The number of benzene rings is 2. The first-order valence-corrected chi connectivity index (χ1v) is 10.3. The van der Waals surface area contributed by atoms with Gasteiger partial charge in [-0.05, 0) is 36.8 Å². The zero-order valence-corrected chi connectivity index (χ0v) is 16.5. The van der Waals surface area contributed by atoms with Crippen LogP contribution in [-0.4, -0.2) is 10.5 Å². The van der Waals surface area contributed by atoms with E-state index in [1.165, 1.54) is 32.1 Å². The minimum Gasteiger partial charge on any atom is -0.366 e. The van der Waals surface area contributed by atoms with Crippen LogP contribution < -0.4 is 5.73 Å². The van der Waals surface area contributed by atoms with Crippen molar-refractivity contribution in [3.05, 3.63) is 71.9 Å². The molecule has 2 N–H and O–H groups in total. The predicted octanol–water partition coefficient (Wildman–Crippen LogP) is 5.81. The first kappa shape index (κ1) is 18.5. The standard InChI is InChI=1S/C25H28N2O/c1-18-22(25(26)28)23(20-13-7-3-8-14-20)24(21-15-9-4-10-16-21)27(18)17-19-11-5-2-6-12-19/h3-4,7-10,13-16,19H,2,5-6,11-12,17H2,1H3,(H2,26,28). The monoisotopic (exact) mass is 372 g/mol. The number of carbonyl (C=O) groups is 1. The van der Waals surface area contributed by atoms with Crippen molar-refractivity contribution in [2.75, 3.05) is 0 Å². The van der Waals surface area contributed by atoms with Crippen molar-refractivity contribution in [2.45, 2.75) is 45.6 Å². The molecule has 0 atom stereocenters. The molecule has 0 spiro atoms. The Balaban J connectivity index is 1.95. The second kappa shape index (κ2) is 8.05. The number of rotatable bonds is 5. The number of nitrogens with zero attached hydrogens (tertiary/aromatic N) is 1. The van der Waals surface area contributed by atoms with E-state index in [-0.39, 0.29) is 5.91 Å². The highest BCUT2D eigenvalue weighted by molar-refractivity contribution is 6.05. The molecule has 0 aliphatic heterocycles. The van der Waals surface area contributed by atoms with Gasteiger partial charge in [-0.2, -0.15) is 0 Å². The van der Waals surface area contributed by atoms with Crippen molar-refractivity contribution in [1.82, 2.24) is 4.57 Å². The lowest BCUT2D eigenvalue weighted by Crippen LogP contribution is -2.17. The molecule has 1 aromatic heterocycles. The fourth-order valence-electron chi connectivity index (χ4n) is 4.68. The van der Waals surface area contributed by atoms with Gasteiger partial charge in [0.05, 0.1) is 11.3 Å². The quantitative estimate of drug-likeness (QED) is 0.603. The first-order valence-electron chi connectivity index (χ1n) is 10.3. The maximum absolute atomic E-state index is 12.5. The van der Waals surface area contributed by atoms with Crippen LogP contribution >= 0.6 is 0 Å². The van der Waals surface area contributed by atoms with Crippen LogP contribution in [0.15, 0.2) is 60.7 Å². The number of amides is 1. The van der Waals surface area contributed by atoms with Gasteiger partial charge in [0.1, 0.15) is 0 Å². The van der Waals surface area contributed by atoms with Crippen molar-refractivity contribution in [3.63, 3.8) is 0 Å². The minimum atomic E-state index is -0.351. The van der Waals surface area contributed by atoms with E-state index in [2.05, 4.69) is 41.0 Å². The highest BCUT2D eigenvalue weighted by Gasteiger charge is 2.27. The third-order valence-corrected chi connectivity index (χ3v) is 6.05. The summed E-state index contributed by atoms with van der Waals surface area (Å²) in [6, 6.07) is 20.6. The molecule has 1 amide bonds. The number of hydrogen-bond donors (Lipinski definition) is 1. The summed E-state index contributed by atoms with van der Waals surface area (Å²) in [7, 11) is 0. The summed E-state index contributed by atoms with van der Waals surface area (Å²) in [4.78, 5) is 12.5. The summed E-state index contributed by atoms with van der Waals surface area (Å²) < 4.78 is 2.35. The average molecular weight is 373 g/mol. The molecular formula is C25H28N2O. The molecule has 1 aliphatic rings. The normalized spacial score (nSPS) is 14.9. The van der Waals surface area contributed by atoms with Crippen LogP contribution in [0.4, 0.5) is 0 Å². The van der Waals surface area contributed by atoms with Crippen LogP contribution in [-0.2, 0) is 6.54 Å². The lowest BCUT2D eigenvalue weighted by atomic mass is 9.89. The van der Waals surface area contributed by atoms with Crippen molar-refractivity contribution >= 4 is 5.91 Å². The third kappa shape index (κ3) is 3.49. The van der Waals surface area contributed by atoms with E-state index in [0.29, 0.717) is 11.5 Å². The van der Waals surface area contributed by atoms with Crippen LogP contribution in [0, 0.1) is 12.8 Å². The Morgan fingerprint density at radius 3 is 2.07 bits per heavy atom. The first-order chi connectivity index (χ1) is 13.7. The minimum absolute atomic E-state index is 0.351. The Bertz CT molecular complexity index is 951. The average Bonchev–Trinajstić information content (AvgIpc) is 3.02. The Morgan fingerprint density at radius 2 is 1.50 bits per heavy atom. The Hall–Kier alpha value is -2.81.